The first-order valence-electron chi connectivity index (χ1n) is 9.93. The highest BCUT2D eigenvalue weighted by molar-refractivity contribution is 7.99. The van der Waals surface area contributed by atoms with Gasteiger partial charge in [0.2, 0.25) is 0 Å². The molecule has 4 rings (SSSR count). The van der Waals surface area contributed by atoms with E-state index in [0.717, 1.165) is 29.4 Å². The quantitative estimate of drug-likeness (QED) is 0.378. The van der Waals surface area contributed by atoms with Crippen molar-refractivity contribution in [1.29, 1.82) is 0 Å². The number of ether oxygens (including phenoxy) is 3. The molecule has 5 nitrogen and oxygen atoms in total. The maximum atomic E-state index is 6.49. The number of hydrogen-bond acceptors (Lipinski definition) is 5. The molecule has 8 heteroatoms. The number of imidazole rings is 1. The fraction of sp³-hybridized carbons (Fsp3) is 0.348. The molecule has 0 saturated carbocycles. The molecule has 2 aromatic carbocycles. The highest BCUT2D eigenvalue weighted by Crippen LogP contribution is 2.33. The van der Waals surface area contributed by atoms with E-state index in [4.69, 9.17) is 25.8 Å². The second-order valence-electron chi connectivity index (χ2n) is 7.31. The van der Waals surface area contributed by atoms with E-state index in [1.165, 1.54) is 10.5 Å². The van der Waals surface area contributed by atoms with Gasteiger partial charge in [-0.15, -0.1) is 24.2 Å². The molecule has 0 N–H and O–H groups in total. The smallest absolute Gasteiger partial charge is 0.187 e. The Morgan fingerprint density at radius 3 is 2.65 bits per heavy atom. The van der Waals surface area contributed by atoms with Gasteiger partial charge in [0.15, 0.2) is 5.79 Å². The number of nitrogens with zero attached hydrogens (tertiary/aromatic N) is 2. The van der Waals surface area contributed by atoms with Gasteiger partial charge in [-0.3, -0.25) is 0 Å². The molecule has 0 radical (unpaired) electrons. The molecule has 166 valence electrons. The van der Waals surface area contributed by atoms with E-state index < -0.39 is 5.79 Å². The minimum atomic E-state index is -0.661. The second kappa shape index (κ2) is 11.2. The van der Waals surface area contributed by atoms with Gasteiger partial charge in [0.1, 0.15) is 5.75 Å². The Morgan fingerprint density at radius 2 is 1.97 bits per heavy atom. The van der Waals surface area contributed by atoms with Crippen LogP contribution in [0.15, 0.2) is 72.1 Å². The largest absolute Gasteiger partial charge is 0.497 e. The van der Waals surface area contributed by atoms with Crippen LogP contribution in [0.3, 0.4) is 0 Å². The minimum absolute atomic E-state index is 0. The maximum Gasteiger partial charge on any atom is 0.187 e. The molecule has 0 aliphatic carbocycles. The zero-order valence-corrected chi connectivity index (χ0v) is 19.7. The van der Waals surface area contributed by atoms with Crippen molar-refractivity contribution in [3.8, 4) is 5.75 Å². The van der Waals surface area contributed by atoms with Gasteiger partial charge in [-0.05, 0) is 48.4 Å². The number of aryl methyl sites for hydroxylation is 1. The van der Waals surface area contributed by atoms with Crippen molar-refractivity contribution in [3.05, 3.63) is 77.8 Å². The predicted octanol–water partition coefficient (Wildman–Crippen LogP) is 5.50. The van der Waals surface area contributed by atoms with Crippen LogP contribution in [-0.2, 0) is 22.4 Å². The summed E-state index contributed by atoms with van der Waals surface area (Å²) in [5.74, 6) is 1.03. The lowest BCUT2D eigenvalue weighted by molar-refractivity contribution is -0.180. The van der Waals surface area contributed by atoms with Gasteiger partial charge in [0.25, 0.3) is 0 Å². The van der Waals surface area contributed by atoms with Crippen molar-refractivity contribution in [3.63, 3.8) is 0 Å². The third-order valence-electron chi connectivity index (χ3n) is 5.10. The van der Waals surface area contributed by atoms with Gasteiger partial charge >= 0.3 is 0 Å². The van der Waals surface area contributed by atoms with Gasteiger partial charge in [-0.2, -0.15) is 0 Å². The molecule has 0 bridgehead atoms. The molecule has 1 aliphatic heterocycles. The van der Waals surface area contributed by atoms with Crippen LogP contribution in [0.4, 0.5) is 0 Å². The number of hydrogen-bond donors (Lipinski definition) is 0. The van der Waals surface area contributed by atoms with Crippen molar-refractivity contribution >= 4 is 35.8 Å². The summed E-state index contributed by atoms with van der Waals surface area (Å²) in [4.78, 5) is 5.34. The predicted molar refractivity (Wildman–Crippen MR) is 127 cm³/mol. The molecule has 3 aromatic rings. The van der Waals surface area contributed by atoms with Crippen LogP contribution < -0.4 is 4.74 Å². The Kier molecular flexibility index (Phi) is 8.69. The minimum Gasteiger partial charge on any atom is -0.497 e. The molecule has 1 aliphatic rings. The standard InChI is InChI=1S/C23H25ClN2O3S.ClH/c1-27-20-6-8-22(9-7-20)30-15-21-14-28-23(29-21,16-26-13-12-25-17-26)11-10-18-2-4-19(24)5-3-18;/h2-9,12-13,17,21H,10-11,14-16H2,1H3;1H/t21-,23+;/m0./s1. The number of rotatable bonds is 9. The number of aromatic nitrogens is 2. The average Bonchev–Trinajstić information content (AvgIpc) is 3.43. The number of thioether (sulfide) groups is 1. The Labute approximate surface area is 198 Å². The molecule has 0 spiro atoms. The molecule has 1 aromatic heterocycles. The zero-order chi connectivity index (χ0) is 20.8. The molecule has 0 unspecified atom stereocenters. The lowest BCUT2D eigenvalue weighted by atomic mass is 10.0. The number of benzene rings is 2. The van der Waals surface area contributed by atoms with Crippen LogP contribution in [0.2, 0.25) is 5.02 Å². The number of methoxy groups -OCH3 is 1. The summed E-state index contributed by atoms with van der Waals surface area (Å²) in [6.07, 6.45) is 7.16. The Balaban J connectivity index is 0.00000272. The van der Waals surface area contributed by atoms with Gasteiger partial charge in [0.05, 0.1) is 32.7 Å². The van der Waals surface area contributed by atoms with Gasteiger partial charge in [0, 0.05) is 34.5 Å². The van der Waals surface area contributed by atoms with E-state index in [0.29, 0.717) is 13.2 Å². The van der Waals surface area contributed by atoms with Crippen LogP contribution in [0.1, 0.15) is 12.0 Å². The van der Waals surface area contributed by atoms with Crippen LogP contribution in [0.25, 0.3) is 0 Å². The molecule has 2 heterocycles. The molecule has 31 heavy (non-hydrogen) atoms. The van der Waals surface area contributed by atoms with E-state index >= 15 is 0 Å². The second-order valence-corrected chi connectivity index (χ2v) is 8.84. The molecular formula is C23H26Cl2N2O3S. The van der Waals surface area contributed by atoms with Crippen LogP contribution in [0.5, 0.6) is 5.75 Å². The molecule has 2 atom stereocenters. The Bertz CT molecular complexity index is 923. The van der Waals surface area contributed by atoms with E-state index in [1.54, 1.807) is 31.4 Å². The maximum absolute atomic E-state index is 6.49. The molecule has 0 amide bonds. The Hall–Kier alpha value is -1.70. The summed E-state index contributed by atoms with van der Waals surface area (Å²) in [6.45, 7) is 1.20. The van der Waals surface area contributed by atoms with Gasteiger partial charge < -0.3 is 18.8 Å². The summed E-state index contributed by atoms with van der Waals surface area (Å²) in [7, 11) is 1.68. The first-order valence-corrected chi connectivity index (χ1v) is 11.3. The monoisotopic (exact) mass is 480 g/mol. The summed E-state index contributed by atoms with van der Waals surface area (Å²) >= 11 is 7.78. The third kappa shape index (κ3) is 6.64. The van der Waals surface area contributed by atoms with Crippen LogP contribution in [0, 0.1) is 0 Å². The third-order valence-corrected chi connectivity index (χ3v) is 6.50. The van der Waals surface area contributed by atoms with Crippen molar-refractivity contribution in [1.82, 2.24) is 9.55 Å². The van der Waals surface area contributed by atoms with Crippen LogP contribution >= 0.6 is 35.8 Å². The SMILES string of the molecule is COc1ccc(SC[C@@H]2CO[C@@](CCc3ccc(Cl)cc3)(Cn3ccnc3)O2)cc1.Cl. The zero-order valence-electron chi connectivity index (χ0n) is 17.3. The molecule has 1 fully saturated rings. The van der Waals surface area contributed by atoms with Gasteiger partial charge in [-0.1, -0.05) is 23.7 Å². The lowest BCUT2D eigenvalue weighted by Gasteiger charge is -2.28. The van der Waals surface area contributed by atoms with Gasteiger partial charge in [-0.25, -0.2) is 4.98 Å². The first kappa shape index (κ1) is 24.0. The van der Waals surface area contributed by atoms with Crippen molar-refractivity contribution in [2.24, 2.45) is 0 Å². The van der Waals surface area contributed by atoms with E-state index in [9.17, 15) is 0 Å². The van der Waals surface area contributed by atoms with Crippen molar-refractivity contribution < 1.29 is 14.2 Å². The summed E-state index contributed by atoms with van der Waals surface area (Å²) < 4.78 is 20.0. The fourth-order valence-electron chi connectivity index (χ4n) is 3.50. The lowest BCUT2D eigenvalue weighted by Crippen LogP contribution is -2.37. The van der Waals surface area contributed by atoms with E-state index in [-0.39, 0.29) is 18.5 Å². The number of halogens is 2. The summed E-state index contributed by atoms with van der Waals surface area (Å²) in [6, 6.07) is 16.0. The van der Waals surface area contributed by atoms with Crippen molar-refractivity contribution in [2.75, 3.05) is 19.5 Å². The highest BCUT2D eigenvalue weighted by atomic mass is 35.5. The van der Waals surface area contributed by atoms with E-state index in [1.807, 2.05) is 35.0 Å². The molecule has 1 saturated heterocycles. The molecular weight excluding hydrogens is 455 g/mol. The highest BCUT2D eigenvalue weighted by Gasteiger charge is 2.41. The van der Waals surface area contributed by atoms with E-state index in [2.05, 4.69) is 29.2 Å². The fourth-order valence-corrected chi connectivity index (χ4v) is 4.49. The summed E-state index contributed by atoms with van der Waals surface area (Å²) in [5, 5.41) is 0.746. The topological polar surface area (TPSA) is 45.5 Å². The summed E-state index contributed by atoms with van der Waals surface area (Å²) in [5.41, 5.74) is 1.22. The normalized spacial score (nSPS) is 20.4. The van der Waals surface area contributed by atoms with Crippen molar-refractivity contribution in [2.45, 2.75) is 36.2 Å². The average molecular weight is 481 g/mol. The first-order chi connectivity index (χ1) is 14.6. The van der Waals surface area contributed by atoms with Crippen LogP contribution in [-0.4, -0.2) is 40.9 Å². The Morgan fingerprint density at radius 1 is 1.19 bits per heavy atom.